The summed E-state index contributed by atoms with van der Waals surface area (Å²) in [6.45, 7) is 3.46. The van der Waals surface area contributed by atoms with Crippen molar-refractivity contribution in [1.29, 1.82) is 0 Å². The predicted octanol–water partition coefficient (Wildman–Crippen LogP) is 1.87. The number of nitro groups is 1. The first-order valence-electron chi connectivity index (χ1n) is 5.75. The van der Waals surface area contributed by atoms with Gasteiger partial charge in [0.2, 0.25) is 0 Å². The molecule has 1 aromatic carbocycles. The van der Waals surface area contributed by atoms with Crippen LogP contribution in [0.25, 0.3) is 0 Å². The Labute approximate surface area is 110 Å². The molecule has 0 saturated heterocycles. The second-order valence-electron chi connectivity index (χ2n) is 4.47. The van der Waals surface area contributed by atoms with Gasteiger partial charge >= 0.3 is 11.7 Å². The molecule has 1 atom stereocenters. The Balaban J connectivity index is 3.11. The van der Waals surface area contributed by atoms with E-state index in [0.29, 0.717) is 6.42 Å². The SMILES string of the molecule is CCC(C)(O)CNc1cccc(C(=O)O)c1[N+](=O)[O-]. The fourth-order valence-corrected chi connectivity index (χ4v) is 1.47. The number of aromatic carboxylic acids is 1. The van der Waals surface area contributed by atoms with Crippen molar-refractivity contribution in [2.75, 3.05) is 11.9 Å². The second-order valence-corrected chi connectivity index (χ2v) is 4.47. The van der Waals surface area contributed by atoms with E-state index in [2.05, 4.69) is 5.32 Å². The molecule has 7 heteroatoms. The van der Waals surface area contributed by atoms with Crippen LogP contribution in [-0.2, 0) is 0 Å². The van der Waals surface area contributed by atoms with E-state index in [9.17, 15) is 20.0 Å². The first-order valence-corrected chi connectivity index (χ1v) is 5.75. The van der Waals surface area contributed by atoms with E-state index in [4.69, 9.17) is 5.11 Å². The van der Waals surface area contributed by atoms with E-state index < -0.39 is 22.2 Å². The summed E-state index contributed by atoms with van der Waals surface area (Å²) in [7, 11) is 0. The highest BCUT2D eigenvalue weighted by Gasteiger charge is 2.25. The van der Waals surface area contributed by atoms with Crippen molar-refractivity contribution < 1.29 is 19.9 Å². The standard InChI is InChI=1S/C12H16N2O5/c1-3-12(2,17)7-13-9-6-4-5-8(11(15)16)10(9)14(18)19/h4-6,13,17H,3,7H2,1-2H3,(H,15,16). The molecule has 104 valence electrons. The lowest BCUT2D eigenvalue weighted by atomic mass is 10.0. The summed E-state index contributed by atoms with van der Waals surface area (Å²) >= 11 is 0. The van der Waals surface area contributed by atoms with Gasteiger partial charge < -0.3 is 15.5 Å². The normalized spacial score (nSPS) is 13.6. The minimum atomic E-state index is -1.36. The van der Waals surface area contributed by atoms with Gasteiger partial charge in [-0.3, -0.25) is 10.1 Å². The summed E-state index contributed by atoms with van der Waals surface area (Å²) in [5.74, 6) is -1.36. The maximum Gasteiger partial charge on any atom is 0.342 e. The topological polar surface area (TPSA) is 113 Å². The van der Waals surface area contributed by atoms with E-state index >= 15 is 0 Å². The molecule has 1 aromatic rings. The number of rotatable bonds is 6. The number of carboxylic acids is 1. The number of para-hydroxylation sites is 1. The van der Waals surface area contributed by atoms with Gasteiger partial charge in [0.1, 0.15) is 11.3 Å². The first-order chi connectivity index (χ1) is 8.78. The van der Waals surface area contributed by atoms with Crippen molar-refractivity contribution in [1.82, 2.24) is 0 Å². The molecule has 1 rings (SSSR count). The molecule has 0 aliphatic carbocycles. The van der Waals surface area contributed by atoms with Crippen LogP contribution in [0.15, 0.2) is 18.2 Å². The Morgan fingerprint density at radius 1 is 1.53 bits per heavy atom. The summed E-state index contributed by atoms with van der Waals surface area (Å²) in [6, 6.07) is 4.00. The van der Waals surface area contributed by atoms with Gasteiger partial charge in [0, 0.05) is 6.54 Å². The molecular weight excluding hydrogens is 252 g/mol. The predicted molar refractivity (Wildman–Crippen MR) is 69.5 cm³/mol. The Hall–Kier alpha value is -2.15. The third-order valence-electron chi connectivity index (χ3n) is 2.87. The fourth-order valence-electron chi connectivity index (χ4n) is 1.47. The van der Waals surface area contributed by atoms with E-state index in [1.165, 1.54) is 18.2 Å². The summed E-state index contributed by atoms with van der Waals surface area (Å²) in [6.07, 6.45) is 0.465. The van der Waals surface area contributed by atoms with Gasteiger partial charge in [-0.15, -0.1) is 0 Å². The van der Waals surface area contributed by atoms with Crippen LogP contribution < -0.4 is 5.32 Å². The van der Waals surface area contributed by atoms with Gasteiger partial charge in [0.15, 0.2) is 0 Å². The summed E-state index contributed by atoms with van der Waals surface area (Å²) < 4.78 is 0. The third kappa shape index (κ3) is 3.65. The molecule has 3 N–H and O–H groups in total. The summed E-state index contributed by atoms with van der Waals surface area (Å²) in [4.78, 5) is 21.2. The van der Waals surface area contributed by atoms with Crippen LogP contribution in [0.3, 0.4) is 0 Å². The van der Waals surface area contributed by atoms with Crippen molar-refractivity contribution in [3.05, 3.63) is 33.9 Å². The van der Waals surface area contributed by atoms with Crippen molar-refractivity contribution in [3.63, 3.8) is 0 Å². The zero-order valence-electron chi connectivity index (χ0n) is 10.7. The number of hydrogen-bond donors (Lipinski definition) is 3. The number of benzene rings is 1. The summed E-state index contributed by atoms with van der Waals surface area (Å²) in [5.41, 5.74) is -1.82. The van der Waals surface area contributed by atoms with Crippen molar-refractivity contribution in [3.8, 4) is 0 Å². The van der Waals surface area contributed by atoms with Gasteiger partial charge in [0.05, 0.1) is 10.5 Å². The van der Waals surface area contributed by atoms with E-state index in [1.807, 2.05) is 0 Å². The molecule has 0 aromatic heterocycles. The van der Waals surface area contributed by atoms with Crippen LogP contribution in [0, 0.1) is 10.1 Å². The molecule has 19 heavy (non-hydrogen) atoms. The van der Waals surface area contributed by atoms with Crippen LogP contribution in [0.2, 0.25) is 0 Å². The Morgan fingerprint density at radius 2 is 2.16 bits per heavy atom. The van der Waals surface area contributed by atoms with Gasteiger partial charge in [-0.25, -0.2) is 4.79 Å². The molecular formula is C12H16N2O5. The maximum absolute atomic E-state index is 11.0. The van der Waals surface area contributed by atoms with Crippen molar-refractivity contribution in [2.45, 2.75) is 25.9 Å². The van der Waals surface area contributed by atoms with Crippen LogP contribution in [-0.4, -0.2) is 33.3 Å². The largest absolute Gasteiger partial charge is 0.477 e. The number of anilines is 1. The lowest BCUT2D eigenvalue weighted by molar-refractivity contribution is -0.384. The number of nitrogens with zero attached hydrogens (tertiary/aromatic N) is 1. The van der Waals surface area contributed by atoms with E-state index in [1.54, 1.807) is 13.8 Å². The quantitative estimate of drug-likeness (QED) is 0.536. The number of hydrogen-bond acceptors (Lipinski definition) is 5. The number of carbonyl (C=O) groups is 1. The van der Waals surface area contributed by atoms with Crippen molar-refractivity contribution >= 4 is 17.3 Å². The third-order valence-corrected chi connectivity index (χ3v) is 2.87. The highest BCUT2D eigenvalue weighted by atomic mass is 16.6. The summed E-state index contributed by atoms with van der Waals surface area (Å²) in [5, 5.41) is 32.5. The smallest absolute Gasteiger partial charge is 0.342 e. The highest BCUT2D eigenvalue weighted by molar-refractivity contribution is 5.95. The average Bonchev–Trinajstić information content (AvgIpc) is 2.35. The minimum absolute atomic E-state index is 0.0821. The van der Waals surface area contributed by atoms with Crippen molar-refractivity contribution in [2.24, 2.45) is 0 Å². The Kier molecular flexibility index (Phi) is 4.44. The first kappa shape index (κ1) is 14.9. The molecule has 0 amide bonds. The molecule has 0 fully saturated rings. The lowest BCUT2D eigenvalue weighted by Gasteiger charge is -2.22. The molecule has 0 spiro atoms. The average molecular weight is 268 g/mol. The zero-order valence-corrected chi connectivity index (χ0v) is 10.7. The zero-order chi connectivity index (χ0) is 14.6. The lowest BCUT2D eigenvalue weighted by Crippen LogP contribution is -2.32. The molecule has 7 nitrogen and oxygen atoms in total. The van der Waals surface area contributed by atoms with Crippen LogP contribution in [0.4, 0.5) is 11.4 Å². The number of nitrogens with one attached hydrogen (secondary N) is 1. The number of aliphatic hydroxyl groups is 1. The van der Waals surface area contributed by atoms with E-state index in [-0.39, 0.29) is 17.8 Å². The second kappa shape index (κ2) is 5.66. The van der Waals surface area contributed by atoms with Gasteiger partial charge in [-0.1, -0.05) is 13.0 Å². The molecule has 0 heterocycles. The maximum atomic E-state index is 11.0. The number of carboxylic acid groups (broad SMARTS) is 1. The minimum Gasteiger partial charge on any atom is -0.477 e. The molecule has 0 radical (unpaired) electrons. The monoisotopic (exact) mass is 268 g/mol. The molecule has 0 aliphatic heterocycles. The fraction of sp³-hybridized carbons (Fsp3) is 0.417. The molecule has 1 unspecified atom stereocenters. The number of nitro benzene ring substituents is 1. The molecule has 0 bridgehead atoms. The molecule has 0 aliphatic rings. The van der Waals surface area contributed by atoms with Crippen LogP contribution in [0.5, 0.6) is 0 Å². The highest BCUT2D eigenvalue weighted by Crippen LogP contribution is 2.29. The Morgan fingerprint density at radius 3 is 2.63 bits per heavy atom. The van der Waals surface area contributed by atoms with E-state index in [0.717, 1.165) is 0 Å². The molecule has 0 saturated carbocycles. The Bertz CT molecular complexity index is 499. The van der Waals surface area contributed by atoms with Gasteiger partial charge in [-0.2, -0.15) is 0 Å². The van der Waals surface area contributed by atoms with Crippen LogP contribution >= 0.6 is 0 Å². The van der Waals surface area contributed by atoms with Gasteiger partial charge in [-0.05, 0) is 25.5 Å². The van der Waals surface area contributed by atoms with Gasteiger partial charge in [0.25, 0.3) is 0 Å². The van der Waals surface area contributed by atoms with Crippen LogP contribution in [0.1, 0.15) is 30.6 Å².